The molecule has 0 radical (unpaired) electrons. The first-order valence-corrected chi connectivity index (χ1v) is 3.62. The molecule has 0 aromatic carbocycles. The maximum absolute atomic E-state index is 5.32. The van der Waals surface area contributed by atoms with Gasteiger partial charge < -0.3 is 5.73 Å². The maximum Gasteiger partial charge on any atom is -0.00773 e. The highest BCUT2D eigenvalue weighted by Crippen LogP contribution is 2.04. The highest BCUT2D eigenvalue weighted by atomic mass is 14.5. The third-order valence-corrected chi connectivity index (χ3v) is 1.31. The lowest BCUT2D eigenvalue weighted by Gasteiger charge is -1.96. The molecule has 0 aliphatic carbocycles. The van der Waals surface area contributed by atoms with E-state index in [1.807, 2.05) is 0 Å². The summed E-state index contributed by atoms with van der Waals surface area (Å²) in [7, 11) is 0. The van der Waals surface area contributed by atoms with Crippen LogP contribution in [0.1, 0.15) is 32.6 Å². The minimum atomic E-state index is 0.830. The molecule has 0 aliphatic heterocycles. The molecule has 1 nitrogen and oxygen atoms in total. The summed E-state index contributed by atoms with van der Waals surface area (Å²) >= 11 is 0. The molecule has 0 unspecified atom stereocenters. The zero-order chi connectivity index (χ0) is 7.11. The largest absolute Gasteiger partial charge is 0.330 e. The van der Waals surface area contributed by atoms with E-state index in [-0.39, 0.29) is 0 Å². The van der Waals surface area contributed by atoms with E-state index in [0.29, 0.717) is 0 Å². The van der Waals surface area contributed by atoms with Gasteiger partial charge in [-0.1, -0.05) is 12.0 Å². The Hall–Kier alpha value is -0.300. The minimum Gasteiger partial charge on any atom is -0.330 e. The van der Waals surface area contributed by atoms with Crippen LogP contribution in [0.2, 0.25) is 0 Å². The molecule has 0 fully saturated rings. The van der Waals surface area contributed by atoms with E-state index >= 15 is 0 Å². The Bertz CT molecular complexity index is 76.6. The fourth-order valence-electron chi connectivity index (χ4n) is 0.748. The molecule has 0 saturated heterocycles. The average molecular weight is 127 g/mol. The van der Waals surface area contributed by atoms with E-state index in [1.165, 1.54) is 24.8 Å². The van der Waals surface area contributed by atoms with Crippen LogP contribution in [0.25, 0.3) is 0 Å². The second-order valence-corrected chi connectivity index (χ2v) is 2.56. The van der Waals surface area contributed by atoms with Gasteiger partial charge in [-0.2, -0.15) is 0 Å². The molecule has 0 aromatic heterocycles. The number of hydrogen-bond acceptors (Lipinski definition) is 1. The van der Waals surface area contributed by atoms with Crippen LogP contribution in [-0.4, -0.2) is 6.54 Å². The van der Waals surface area contributed by atoms with Gasteiger partial charge in [-0.25, -0.2) is 0 Å². The molecule has 54 valence electrons. The van der Waals surface area contributed by atoms with Gasteiger partial charge in [0.1, 0.15) is 0 Å². The van der Waals surface area contributed by atoms with Crippen molar-refractivity contribution in [3.05, 3.63) is 12.2 Å². The van der Waals surface area contributed by atoms with Crippen molar-refractivity contribution < 1.29 is 0 Å². The third-order valence-electron chi connectivity index (χ3n) is 1.31. The normalized spacial score (nSPS) is 9.56. The van der Waals surface area contributed by atoms with E-state index in [9.17, 15) is 0 Å². The third kappa shape index (κ3) is 7.70. The van der Waals surface area contributed by atoms with Gasteiger partial charge >= 0.3 is 0 Å². The highest BCUT2D eigenvalue weighted by Gasteiger charge is 1.86. The summed E-state index contributed by atoms with van der Waals surface area (Å²) in [5.74, 6) is 0. The fourth-order valence-corrected chi connectivity index (χ4v) is 0.748. The van der Waals surface area contributed by atoms with Crippen molar-refractivity contribution in [3.63, 3.8) is 0 Å². The Kier molecular flexibility index (Phi) is 5.64. The van der Waals surface area contributed by atoms with E-state index in [4.69, 9.17) is 5.73 Å². The van der Waals surface area contributed by atoms with Crippen molar-refractivity contribution in [2.45, 2.75) is 32.6 Å². The minimum absolute atomic E-state index is 0.830. The quantitative estimate of drug-likeness (QED) is 0.444. The van der Waals surface area contributed by atoms with Crippen LogP contribution in [0.3, 0.4) is 0 Å². The van der Waals surface area contributed by atoms with Crippen LogP contribution in [0.15, 0.2) is 12.2 Å². The van der Waals surface area contributed by atoms with Crippen LogP contribution >= 0.6 is 0 Å². The first-order chi connectivity index (χ1) is 4.27. The summed E-state index contributed by atoms with van der Waals surface area (Å²) in [5.41, 5.74) is 6.61. The molecule has 0 amide bonds. The summed E-state index contributed by atoms with van der Waals surface area (Å²) in [6.07, 6.45) is 4.84. The predicted molar refractivity (Wildman–Crippen MR) is 42.3 cm³/mol. The van der Waals surface area contributed by atoms with Gasteiger partial charge in [0.2, 0.25) is 0 Å². The Morgan fingerprint density at radius 2 is 2.00 bits per heavy atom. The highest BCUT2D eigenvalue weighted by molar-refractivity contribution is 4.86. The monoisotopic (exact) mass is 127 g/mol. The second kappa shape index (κ2) is 5.83. The van der Waals surface area contributed by atoms with Gasteiger partial charge in [0.25, 0.3) is 0 Å². The first-order valence-electron chi connectivity index (χ1n) is 3.62. The summed E-state index contributed by atoms with van der Waals surface area (Å²) in [5, 5.41) is 0. The number of unbranched alkanes of at least 4 members (excludes halogenated alkanes) is 2. The maximum atomic E-state index is 5.32. The van der Waals surface area contributed by atoms with Crippen molar-refractivity contribution >= 4 is 0 Å². The van der Waals surface area contributed by atoms with Gasteiger partial charge in [0.15, 0.2) is 0 Å². The summed E-state index contributed by atoms with van der Waals surface area (Å²) < 4.78 is 0. The average Bonchev–Trinajstić information content (AvgIpc) is 1.80. The summed E-state index contributed by atoms with van der Waals surface area (Å²) in [6, 6.07) is 0. The van der Waals surface area contributed by atoms with E-state index in [0.717, 1.165) is 13.0 Å². The van der Waals surface area contributed by atoms with Crippen LogP contribution in [-0.2, 0) is 0 Å². The molecular weight excluding hydrogens is 110 g/mol. The summed E-state index contributed by atoms with van der Waals surface area (Å²) in [4.78, 5) is 0. The van der Waals surface area contributed by atoms with Gasteiger partial charge in [-0.05, 0) is 32.7 Å². The lowest BCUT2D eigenvalue weighted by molar-refractivity contribution is 0.684. The molecule has 2 N–H and O–H groups in total. The Balaban J connectivity index is 2.83. The molecular formula is C8H17N. The summed E-state index contributed by atoms with van der Waals surface area (Å²) in [6.45, 7) is 6.72. The van der Waals surface area contributed by atoms with Crippen LogP contribution in [0, 0.1) is 0 Å². The fraction of sp³-hybridized carbons (Fsp3) is 0.750. The molecule has 0 heterocycles. The van der Waals surface area contributed by atoms with Crippen molar-refractivity contribution in [1.29, 1.82) is 0 Å². The second-order valence-electron chi connectivity index (χ2n) is 2.56. The topological polar surface area (TPSA) is 26.0 Å². The van der Waals surface area contributed by atoms with E-state index < -0.39 is 0 Å². The van der Waals surface area contributed by atoms with Crippen LogP contribution < -0.4 is 5.73 Å². The molecule has 1 heteroatoms. The smallest absolute Gasteiger partial charge is 0.00773 e. The van der Waals surface area contributed by atoms with Crippen molar-refractivity contribution in [1.82, 2.24) is 0 Å². The number of hydrogen-bond donors (Lipinski definition) is 1. The molecule has 0 bridgehead atoms. The Morgan fingerprint density at radius 3 is 2.44 bits per heavy atom. The van der Waals surface area contributed by atoms with Gasteiger partial charge in [0, 0.05) is 0 Å². The number of allylic oxidation sites excluding steroid dienone is 1. The molecule has 0 rings (SSSR count). The molecule has 0 aromatic rings. The predicted octanol–water partition coefficient (Wildman–Crippen LogP) is 2.08. The van der Waals surface area contributed by atoms with Gasteiger partial charge in [-0.3, -0.25) is 0 Å². The lowest BCUT2D eigenvalue weighted by atomic mass is 10.1. The number of rotatable bonds is 5. The molecule has 9 heavy (non-hydrogen) atoms. The Labute approximate surface area is 57.9 Å². The molecule has 0 spiro atoms. The zero-order valence-corrected chi connectivity index (χ0v) is 6.32. The SMILES string of the molecule is C=C(C)CCCCCN. The zero-order valence-electron chi connectivity index (χ0n) is 6.32. The van der Waals surface area contributed by atoms with Crippen molar-refractivity contribution in [2.75, 3.05) is 6.54 Å². The molecule has 0 saturated carbocycles. The number of nitrogens with two attached hydrogens (primary N) is 1. The van der Waals surface area contributed by atoms with Crippen molar-refractivity contribution in [3.8, 4) is 0 Å². The van der Waals surface area contributed by atoms with Crippen molar-refractivity contribution in [2.24, 2.45) is 5.73 Å². The van der Waals surface area contributed by atoms with Gasteiger partial charge in [-0.15, -0.1) is 6.58 Å². The molecule has 0 atom stereocenters. The Morgan fingerprint density at radius 1 is 1.33 bits per heavy atom. The lowest BCUT2D eigenvalue weighted by Crippen LogP contribution is -1.97. The molecule has 0 aliphatic rings. The standard InChI is InChI=1S/C8H17N/c1-8(2)6-4-3-5-7-9/h1,3-7,9H2,2H3. The van der Waals surface area contributed by atoms with E-state index in [1.54, 1.807) is 0 Å². The van der Waals surface area contributed by atoms with Crippen LogP contribution in [0.4, 0.5) is 0 Å². The van der Waals surface area contributed by atoms with Gasteiger partial charge in [0.05, 0.1) is 0 Å². The van der Waals surface area contributed by atoms with Crippen LogP contribution in [0.5, 0.6) is 0 Å². The first kappa shape index (κ1) is 8.70. The van der Waals surface area contributed by atoms with E-state index in [2.05, 4.69) is 13.5 Å².